The molecule has 4 heteroatoms. The van der Waals surface area contributed by atoms with E-state index in [9.17, 15) is 0 Å². The molecule has 0 aliphatic carbocycles. The van der Waals surface area contributed by atoms with Crippen LogP contribution in [0, 0.1) is 6.92 Å². The van der Waals surface area contributed by atoms with E-state index in [4.69, 9.17) is 0 Å². The fraction of sp³-hybridized carbons (Fsp3) is 0.727. The van der Waals surface area contributed by atoms with Gasteiger partial charge in [0.25, 0.3) is 0 Å². The molecular formula is C11H20N4. The van der Waals surface area contributed by atoms with Crippen LogP contribution >= 0.6 is 0 Å². The van der Waals surface area contributed by atoms with Crippen LogP contribution in [0.3, 0.4) is 0 Å². The molecule has 0 spiro atoms. The van der Waals surface area contributed by atoms with Gasteiger partial charge in [-0.3, -0.25) is 9.58 Å². The molecule has 0 aromatic carbocycles. The molecule has 1 aliphatic heterocycles. The fourth-order valence-electron chi connectivity index (χ4n) is 2.28. The molecule has 0 amide bonds. The van der Waals surface area contributed by atoms with Crippen molar-refractivity contribution in [2.24, 2.45) is 7.05 Å². The highest BCUT2D eigenvalue weighted by Crippen LogP contribution is 2.23. The Labute approximate surface area is 91.3 Å². The Kier molecular flexibility index (Phi) is 2.80. The topological polar surface area (TPSA) is 33.1 Å². The maximum absolute atomic E-state index is 4.41. The zero-order chi connectivity index (χ0) is 11.0. The lowest BCUT2D eigenvalue weighted by molar-refractivity contribution is 0.135. The number of nitrogens with one attached hydrogen (secondary N) is 1. The predicted octanol–water partition coefficient (Wildman–Crippen LogP) is 0.693. The van der Waals surface area contributed by atoms with Gasteiger partial charge in [0.05, 0.1) is 17.4 Å². The standard InChI is InChI=1S/C11H20N4/c1-8-5-10(15(4)13-8)11-7-12-6-9(2)14(11)3/h5,9,11-12H,6-7H2,1-4H3. The van der Waals surface area contributed by atoms with Crippen LogP contribution in [0.5, 0.6) is 0 Å². The van der Waals surface area contributed by atoms with E-state index < -0.39 is 0 Å². The summed E-state index contributed by atoms with van der Waals surface area (Å²) in [5.74, 6) is 0. The largest absolute Gasteiger partial charge is 0.313 e. The summed E-state index contributed by atoms with van der Waals surface area (Å²) in [5.41, 5.74) is 2.40. The Bertz CT molecular complexity index is 344. The van der Waals surface area contributed by atoms with Gasteiger partial charge in [0.15, 0.2) is 0 Å². The van der Waals surface area contributed by atoms with E-state index in [0.717, 1.165) is 18.8 Å². The van der Waals surface area contributed by atoms with Crippen molar-refractivity contribution < 1.29 is 0 Å². The van der Waals surface area contributed by atoms with E-state index in [1.54, 1.807) is 0 Å². The van der Waals surface area contributed by atoms with Gasteiger partial charge in [-0.25, -0.2) is 0 Å². The molecule has 1 aromatic rings. The lowest BCUT2D eigenvalue weighted by Crippen LogP contribution is -2.50. The highest BCUT2D eigenvalue weighted by molar-refractivity contribution is 5.14. The van der Waals surface area contributed by atoms with Crippen LogP contribution < -0.4 is 5.32 Å². The van der Waals surface area contributed by atoms with Gasteiger partial charge in [-0.15, -0.1) is 0 Å². The monoisotopic (exact) mass is 208 g/mol. The van der Waals surface area contributed by atoms with Crippen LogP contribution in [0.1, 0.15) is 24.4 Å². The van der Waals surface area contributed by atoms with Gasteiger partial charge in [0, 0.05) is 26.2 Å². The van der Waals surface area contributed by atoms with Gasteiger partial charge in [0.1, 0.15) is 0 Å². The average Bonchev–Trinajstić information content (AvgIpc) is 2.50. The highest BCUT2D eigenvalue weighted by Gasteiger charge is 2.27. The zero-order valence-electron chi connectivity index (χ0n) is 9.99. The Morgan fingerprint density at radius 3 is 2.73 bits per heavy atom. The first-order chi connectivity index (χ1) is 7.09. The fourth-order valence-corrected chi connectivity index (χ4v) is 2.28. The Balaban J connectivity index is 2.25. The number of aryl methyl sites for hydroxylation is 2. The van der Waals surface area contributed by atoms with Gasteiger partial charge < -0.3 is 5.32 Å². The average molecular weight is 208 g/mol. The molecule has 1 N–H and O–H groups in total. The van der Waals surface area contributed by atoms with Crippen molar-refractivity contribution >= 4 is 0 Å². The van der Waals surface area contributed by atoms with Crippen LogP contribution in [0.2, 0.25) is 0 Å². The van der Waals surface area contributed by atoms with Gasteiger partial charge in [-0.2, -0.15) is 5.10 Å². The molecule has 1 aromatic heterocycles. The van der Waals surface area contributed by atoms with Crippen LogP contribution in [0.25, 0.3) is 0 Å². The molecule has 4 nitrogen and oxygen atoms in total. The summed E-state index contributed by atoms with van der Waals surface area (Å²) >= 11 is 0. The van der Waals surface area contributed by atoms with E-state index in [2.05, 4.69) is 35.4 Å². The maximum Gasteiger partial charge on any atom is 0.0643 e. The number of piperazine rings is 1. The summed E-state index contributed by atoms with van der Waals surface area (Å²) in [5, 5.41) is 7.88. The maximum atomic E-state index is 4.41. The van der Waals surface area contributed by atoms with E-state index in [1.807, 2.05) is 18.7 Å². The molecule has 84 valence electrons. The van der Waals surface area contributed by atoms with Crippen LogP contribution in [0.15, 0.2) is 6.07 Å². The van der Waals surface area contributed by atoms with Crippen LogP contribution in [-0.2, 0) is 7.05 Å². The third-order valence-corrected chi connectivity index (χ3v) is 3.34. The molecule has 15 heavy (non-hydrogen) atoms. The second-order valence-electron chi connectivity index (χ2n) is 4.52. The summed E-state index contributed by atoms with van der Waals surface area (Å²) in [6, 6.07) is 3.21. The molecule has 1 saturated heterocycles. The van der Waals surface area contributed by atoms with Gasteiger partial charge in [-0.05, 0) is 27.0 Å². The minimum Gasteiger partial charge on any atom is -0.313 e. The molecule has 0 saturated carbocycles. The first kappa shape index (κ1) is 10.6. The van der Waals surface area contributed by atoms with Crippen LogP contribution in [0.4, 0.5) is 0 Å². The van der Waals surface area contributed by atoms with Crippen molar-refractivity contribution in [3.05, 3.63) is 17.5 Å². The Hall–Kier alpha value is -0.870. The van der Waals surface area contributed by atoms with Gasteiger partial charge >= 0.3 is 0 Å². The third-order valence-electron chi connectivity index (χ3n) is 3.34. The molecule has 2 heterocycles. The third kappa shape index (κ3) is 1.92. The SMILES string of the molecule is Cc1cc(C2CNCC(C)N2C)n(C)n1. The number of nitrogens with zero attached hydrogens (tertiary/aromatic N) is 3. The zero-order valence-corrected chi connectivity index (χ0v) is 9.99. The van der Waals surface area contributed by atoms with Gasteiger partial charge in [0.2, 0.25) is 0 Å². The lowest BCUT2D eigenvalue weighted by atomic mass is 10.1. The van der Waals surface area contributed by atoms with Crippen molar-refractivity contribution in [2.45, 2.75) is 25.9 Å². The molecule has 2 rings (SSSR count). The van der Waals surface area contributed by atoms with Gasteiger partial charge in [-0.1, -0.05) is 0 Å². The van der Waals surface area contributed by atoms with Crippen molar-refractivity contribution in [1.82, 2.24) is 20.0 Å². The number of hydrogen-bond donors (Lipinski definition) is 1. The summed E-state index contributed by atoms with van der Waals surface area (Å²) < 4.78 is 2.00. The van der Waals surface area contributed by atoms with E-state index in [1.165, 1.54) is 5.69 Å². The Morgan fingerprint density at radius 1 is 1.40 bits per heavy atom. The first-order valence-electron chi connectivity index (χ1n) is 5.53. The normalized spacial score (nSPS) is 28.3. The number of rotatable bonds is 1. The molecule has 2 unspecified atom stereocenters. The minimum absolute atomic E-state index is 0.444. The molecular weight excluding hydrogens is 188 g/mol. The van der Waals surface area contributed by atoms with Crippen LogP contribution in [-0.4, -0.2) is 40.9 Å². The first-order valence-corrected chi connectivity index (χ1v) is 5.53. The van der Waals surface area contributed by atoms with Crippen molar-refractivity contribution in [1.29, 1.82) is 0 Å². The highest BCUT2D eigenvalue weighted by atomic mass is 15.3. The second-order valence-corrected chi connectivity index (χ2v) is 4.52. The predicted molar refractivity (Wildman–Crippen MR) is 60.8 cm³/mol. The minimum atomic E-state index is 0.444. The van der Waals surface area contributed by atoms with E-state index in [0.29, 0.717) is 12.1 Å². The lowest BCUT2D eigenvalue weighted by Gasteiger charge is -2.38. The van der Waals surface area contributed by atoms with Crippen molar-refractivity contribution in [2.75, 3.05) is 20.1 Å². The van der Waals surface area contributed by atoms with Crippen molar-refractivity contribution in [3.8, 4) is 0 Å². The van der Waals surface area contributed by atoms with E-state index in [-0.39, 0.29) is 0 Å². The molecule has 0 radical (unpaired) electrons. The quantitative estimate of drug-likeness (QED) is 0.737. The summed E-state index contributed by atoms with van der Waals surface area (Å²) in [6.07, 6.45) is 0. The molecule has 1 aliphatic rings. The summed E-state index contributed by atoms with van der Waals surface area (Å²) in [4.78, 5) is 2.42. The molecule has 2 atom stereocenters. The summed E-state index contributed by atoms with van der Waals surface area (Å²) in [6.45, 7) is 6.38. The smallest absolute Gasteiger partial charge is 0.0643 e. The van der Waals surface area contributed by atoms with Crippen molar-refractivity contribution in [3.63, 3.8) is 0 Å². The number of hydrogen-bond acceptors (Lipinski definition) is 3. The Morgan fingerprint density at radius 2 is 2.13 bits per heavy atom. The van der Waals surface area contributed by atoms with E-state index >= 15 is 0 Å². The number of aromatic nitrogens is 2. The molecule has 0 bridgehead atoms. The molecule has 1 fully saturated rings. The number of likely N-dealkylation sites (N-methyl/N-ethyl adjacent to an activating group) is 1. The second kappa shape index (κ2) is 3.94. The summed E-state index contributed by atoms with van der Waals surface area (Å²) in [7, 11) is 4.22.